The average molecular weight is 315 g/mol. The monoisotopic (exact) mass is 315 g/mol. The Morgan fingerprint density at radius 2 is 2.09 bits per heavy atom. The van der Waals surface area contributed by atoms with E-state index in [1.54, 1.807) is 0 Å². The van der Waals surface area contributed by atoms with Gasteiger partial charge < -0.3 is 14.5 Å². The summed E-state index contributed by atoms with van der Waals surface area (Å²) >= 11 is 0. The van der Waals surface area contributed by atoms with Gasteiger partial charge >= 0.3 is 0 Å². The smallest absolute Gasteiger partial charge is 0.251 e. The van der Waals surface area contributed by atoms with Crippen molar-refractivity contribution in [3.05, 3.63) is 24.0 Å². The van der Waals surface area contributed by atoms with Gasteiger partial charge in [-0.2, -0.15) is 0 Å². The number of anilines is 1. The number of hydrogen-bond donors (Lipinski definition) is 0. The topological polar surface area (TPSA) is 63.0 Å². The predicted molar refractivity (Wildman–Crippen MR) is 85.5 cm³/mol. The van der Waals surface area contributed by atoms with Crippen molar-refractivity contribution >= 4 is 17.4 Å². The van der Waals surface area contributed by atoms with Gasteiger partial charge in [-0.25, -0.2) is 9.50 Å². The summed E-state index contributed by atoms with van der Waals surface area (Å²) in [7, 11) is 0. The number of nitrogens with zero attached hydrogens (tertiary/aromatic N) is 5. The predicted octanol–water partition coefficient (Wildman–Crippen LogP) is 0.865. The molecule has 0 spiro atoms. The molecule has 1 atom stereocenters. The van der Waals surface area contributed by atoms with Crippen LogP contribution in [0.5, 0.6) is 0 Å². The first-order valence-electron chi connectivity index (χ1n) is 8.19. The second kappa shape index (κ2) is 5.81. The summed E-state index contributed by atoms with van der Waals surface area (Å²) in [4.78, 5) is 20.9. The summed E-state index contributed by atoms with van der Waals surface area (Å²) in [6, 6.07) is 3.98. The van der Waals surface area contributed by atoms with Gasteiger partial charge in [0.1, 0.15) is 11.9 Å². The molecule has 1 unspecified atom stereocenters. The molecule has 0 aliphatic carbocycles. The number of rotatable bonds is 2. The minimum Gasteiger partial charge on any atom is -0.368 e. The fraction of sp³-hybridized carbons (Fsp3) is 0.562. The first-order chi connectivity index (χ1) is 11.2. The molecular weight excluding hydrogens is 294 g/mol. The summed E-state index contributed by atoms with van der Waals surface area (Å²) in [5.41, 5.74) is 1.82. The first-order valence-corrected chi connectivity index (χ1v) is 8.19. The van der Waals surface area contributed by atoms with Crippen LogP contribution in [0, 0.1) is 6.92 Å². The number of imidazole rings is 1. The van der Waals surface area contributed by atoms with Gasteiger partial charge in [0.05, 0.1) is 11.9 Å². The summed E-state index contributed by atoms with van der Waals surface area (Å²) < 4.78 is 7.32. The third-order valence-electron chi connectivity index (χ3n) is 4.55. The molecule has 7 heteroatoms. The van der Waals surface area contributed by atoms with Crippen molar-refractivity contribution in [3.63, 3.8) is 0 Å². The second-order valence-corrected chi connectivity index (χ2v) is 6.19. The number of fused-ring (bicyclic) bond motifs is 1. The van der Waals surface area contributed by atoms with Crippen LogP contribution in [0.1, 0.15) is 18.5 Å². The Kier molecular flexibility index (Phi) is 3.65. The van der Waals surface area contributed by atoms with Crippen LogP contribution in [0.2, 0.25) is 0 Å². The molecule has 4 rings (SSSR count). The minimum absolute atomic E-state index is 0.149. The number of aryl methyl sites for hydroxylation is 1. The van der Waals surface area contributed by atoms with E-state index in [0.717, 1.165) is 56.2 Å². The Morgan fingerprint density at radius 3 is 2.83 bits per heavy atom. The Hall–Kier alpha value is -2.15. The Labute approximate surface area is 134 Å². The van der Waals surface area contributed by atoms with E-state index in [4.69, 9.17) is 4.74 Å². The van der Waals surface area contributed by atoms with Crippen LogP contribution in [0.15, 0.2) is 18.3 Å². The summed E-state index contributed by atoms with van der Waals surface area (Å²) in [5, 5.41) is 4.62. The standard InChI is InChI=1S/C16H21N5O2/c1-12-11-21-14(17-12)4-5-15(18-21)19-6-8-20(9-7-19)16(22)13-3-2-10-23-13/h4-5,11,13H,2-3,6-10H2,1H3. The maximum atomic E-state index is 12.4. The molecule has 0 N–H and O–H groups in total. The van der Waals surface area contributed by atoms with E-state index in [0.29, 0.717) is 6.61 Å². The number of ether oxygens (including phenoxy) is 1. The zero-order valence-corrected chi connectivity index (χ0v) is 13.3. The second-order valence-electron chi connectivity index (χ2n) is 6.19. The quantitative estimate of drug-likeness (QED) is 0.823. The summed E-state index contributed by atoms with van der Waals surface area (Å²) in [5.74, 6) is 1.08. The zero-order valence-electron chi connectivity index (χ0n) is 13.3. The van der Waals surface area contributed by atoms with Gasteiger partial charge in [-0.3, -0.25) is 4.79 Å². The van der Waals surface area contributed by atoms with Crippen molar-refractivity contribution in [2.75, 3.05) is 37.7 Å². The van der Waals surface area contributed by atoms with Gasteiger partial charge in [0.15, 0.2) is 5.65 Å². The van der Waals surface area contributed by atoms with Crippen molar-refractivity contribution in [2.45, 2.75) is 25.9 Å². The van der Waals surface area contributed by atoms with Crippen LogP contribution in [-0.2, 0) is 9.53 Å². The lowest BCUT2D eigenvalue weighted by atomic mass is 10.2. The van der Waals surface area contributed by atoms with Crippen molar-refractivity contribution < 1.29 is 9.53 Å². The molecule has 0 aromatic carbocycles. The highest BCUT2D eigenvalue weighted by Gasteiger charge is 2.30. The van der Waals surface area contributed by atoms with E-state index in [1.165, 1.54) is 0 Å². The zero-order chi connectivity index (χ0) is 15.8. The molecule has 23 heavy (non-hydrogen) atoms. The molecule has 2 aliphatic rings. The van der Waals surface area contributed by atoms with Crippen molar-refractivity contribution in [2.24, 2.45) is 0 Å². The maximum absolute atomic E-state index is 12.4. The maximum Gasteiger partial charge on any atom is 0.251 e. The molecule has 2 aromatic heterocycles. The number of amides is 1. The molecular formula is C16H21N5O2. The van der Waals surface area contributed by atoms with Gasteiger partial charge in [0.2, 0.25) is 0 Å². The Morgan fingerprint density at radius 1 is 1.26 bits per heavy atom. The van der Waals surface area contributed by atoms with Gasteiger partial charge in [-0.1, -0.05) is 0 Å². The van der Waals surface area contributed by atoms with Crippen molar-refractivity contribution in [1.82, 2.24) is 19.5 Å². The highest BCUT2D eigenvalue weighted by Crippen LogP contribution is 2.18. The fourth-order valence-electron chi connectivity index (χ4n) is 3.29. The van der Waals surface area contributed by atoms with Crippen molar-refractivity contribution in [3.8, 4) is 0 Å². The van der Waals surface area contributed by atoms with E-state index >= 15 is 0 Å². The first kappa shape index (κ1) is 14.4. The van der Waals surface area contributed by atoms with Crippen LogP contribution in [0.3, 0.4) is 0 Å². The largest absolute Gasteiger partial charge is 0.368 e. The molecule has 0 saturated carbocycles. The molecule has 2 saturated heterocycles. The summed E-state index contributed by atoms with van der Waals surface area (Å²) in [6.45, 7) is 5.71. The highest BCUT2D eigenvalue weighted by molar-refractivity contribution is 5.81. The Balaban J connectivity index is 1.42. The van der Waals surface area contributed by atoms with Crippen LogP contribution >= 0.6 is 0 Å². The van der Waals surface area contributed by atoms with Gasteiger partial charge in [0, 0.05) is 32.8 Å². The molecule has 7 nitrogen and oxygen atoms in total. The lowest BCUT2D eigenvalue weighted by molar-refractivity contribution is -0.141. The van der Waals surface area contributed by atoms with E-state index in [-0.39, 0.29) is 12.0 Å². The molecule has 1 amide bonds. The average Bonchev–Trinajstić information content (AvgIpc) is 3.22. The fourth-order valence-corrected chi connectivity index (χ4v) is 3.29. The lowest BCUT2D eigenvalue weighted by Gasteiger charge is -2.36. The van der Waals surface area contributed by atoms with E-state index < -0.39 is 0 Å². The normalized spacial score (nSPS) is 22.0. The molecule has 122 valence electrons. The minimum atomic E-state index is -0.218. The Bertz CT molecular complexity index is 714. The molecule has 2 aliphatic heterocycles. The summed E-state index contributed by atoms with van der Waals surface area (Å²) in [6.07, 6.45) is 3.56. The molecule has 2 aromatic rings. The SMILES string of the molecule is Cc1cn2nc(N3CCN(C(=O)C4CCCO4)CC3)ccc2n1. The number of hydrogen-bond acceptors (Lipinski definition) is 5. The number of aromatic nitrogens is 3. The molecule has 4 heterocycles. The van der Waals surface area contributed by atoms with Gasteiger partial charge in [-0.15, -0.1) is 5.10 Å². The van der Waals surface area contributed by atoms with Crippen LogP contribution in [0.25, 0.3) is 5.65 Å². The van der Waals surface area contributed by atoms with Crippen molar-refractivity contribution in [1.29, 1.82) is 0 Å². The van der Waals surface area contributed by atoms with Crippen LogP contribution < -0.4 is 4.90 Å². The lowest BCUT2D eigenvalue weighted by Crippen LogP contribution is -2.51. The van der Waals surface area contributed by atoms with Gasteiger partial charge in [-0.05, 0) is 31.9 Å². The van der Waals surface area contributed by atoms with Gasteiger partial charge in [0.25, 0.3) is 5.91 Å². The number of piperazine rings is 1. The number of carbonyl (C=O) groups excluding carboxylic acids is 1. The van der Waals surface area contributed by atoms with E-state index in [9.17, 15) is 4.79 Å². The molecule has 2 fully saturated rings. The van der Waals surface area contributed by atoms with Crippen LogP contribution in [-0.4, -0.2) is 64.3 Å². The third-order valence-corrected chi connectivity index (χ3v) is 4.55. The third kappa shape index (κ3) is 2.76. The highest BCUT2D eigenvalue weighted by atomic mass is 16.5. The number of carbonyl (C=O) groups is 1. The molecule has 0 radical (unpaired) electrons. The van der Waals surface area contributed by atoms with E-state index in [1.807, 2.05) is 34.7 Å². The van der Waals surface area contributed by atoms with E-state index in [2.05, 4.69) is 15.0 Å². The van der Waals surface area contributed by atoms with Crippen LogP contribution in [0.4, 0.5) is 5.82 Å². The molecule has 0 bridgehead atoms.